The summed E-state index contributed by atoms with van der Waals surface area (Å²) in [5.74, 6) is 0.582. The second kappa shape index (κ2) is 6.30. The van der Waals surface area contributed by atoms with Gasteiger partial charge in [-0.15, -0.1) is 0 Å². The number of aliphatic hydroxyl groups excluding tert-OH is 1. The highest BCUT2D eigenvalue weighted by Crippen LogP contribution is 2.14. The topological polar surface area (TPSA) is 58.0 Å². The quantitative estimate of drug-likeness (QED) is 0.866. The van der Waals surface area contributed by atoms with Crippen LogP contribution in [0.3, 0.4) is 0 Å². The van der Waals surface area contributed by atoms with Crippen molar-refractivity contribution < 1.29 is 5.11 Å². The first-order valence-electron chi connectivity index (χ1n) is 4.55. The van der Waals surface area contributed by atoms with Gasteiger partial charge in [0.2, 0.25) is 5.95 Å². The molecule has 15 heavy (non-hydrogen) atoms. The first-order chi connectivity index (χ1) is 7.17. The summed E-state index contributed by atoms with van der Waals surface area (Å²) in [5, 5.41) is 12.4. The summed E-state index contributed by atoms with van der Waals surface area (Å²) in [6, 6.07) is 0.131. The third-order valence-electron chi connectivity index (χ3n) is 2.02. The first kappa shape index (κ1) is 12.7. The smallest absolute Gasteiger partial charge is 0.222 e. The Hall–Kier alpha value is -0.330. The highest BCUT2D eigenvalue weighted by molar-refractivity contribution is 9.10. The molecule has 0 aromatic carbocycles. The minimum Gasteiger partial charge on any atom is -0.395 e. The summed E-state index contributed by atoms with van der Waals surface area (Å²) in [5.41, 5.74) is 0. The Kier molecular flexibility index (Phi) is 5.35. The van der Waals surface area contributed by atoms with Crippen LogP contribution in [0.15, 0.2) is 16.9 Å². The summed E-state index contributed by atoms with van der Waals surface area (Å²) < 4.78 is 0.851. The molecule has 0 fully saturated rings. The Morgan fingerprint density at radius 2 is 2.13 bits per heavy atom. The molecule has 0 aliphatic rings. The van der Waals surface area contributed by atoms with Crippen molar-refractivity contribution in [2.75, 3.05) is 18.2 Å². The van der Waals surface area contributed by atoms with Crippen LogP contribution in [-0.4, -0.2) is 39.2 Å². The fourth-order valence-electron chi connectivity index (χ4n) is 1.12. The number of hydrogen-bond donors (Lipinski definition) is 2. The monoisotopic (exact) mass is 291 g/mol. The van der Waals surface area contributed by atoms with Gasteiger partial charge in [-0.05, 0) is 29.1 Å². The summed E-state index contributed by atoms with van der Waals surface area (Å²) >= 11 is 4.89. The molecule has 1 aromatic rings. The molecule has 0 radical (unpaired) electrons. The number of nitrogens with zero attached hydrogens (tertiary/aromatic N) is 2. The second-order valence-electron chi connectivity index (χ2n) is 3.11. The molecule has 6 heteroatoms. The molecular formula is C9H14BrN3OS. The van der Waals surface area contributed by atoms with Gasteiger partial charge < -0.3 is 10.4 Å². The van der Waals surface area contributed by atoms with E-state index in [1.54, 1.807) is 24.2 Å². The van der Waals surface area contributed by atoms with Crippen LogP contribution in [0.2, 0.25) is 0 Å². The van der Waals surface area contributed by atoms with E-state index in [0.717, 1.165) is 4.47 Å². The first-order valence-corrected chi connectivity index (χ1v) is 6.63. The minimum absolute atomic E-state index is 0.131. The van der Waals surface area contributed by atoms with Crippen molar-refractivity contribution in [3.63, 3.8) is 0 Å². The molecule has 2 unspecified atom stereocenters. The Labute approximate surface area is 102 Å². The maximum Gasteiger partial charge on any atom is 0.222 e. The highest BCUT2D eigenvalue weighted by Gasteiger charge is 2.15. The lowest BCUT2D eigenvalue weighted by molar-refractivity contribution is 0.288. The normalized spacial score (nSPS) is 14.7. The number of rotatable bonds is 5. The average Bonchev–Trinajstić information content (AvgIpc) is 2.23. The number of aliphatic hydroxyl groups is 1. The zero-order valence-electron chi connectivity index (χ0n) is 8.64. The van der Waals surface area contributed by atoms with Crippen LogP contribution >= 0.6 is 27.7 Å². The SMILES string of the molecule is CSC(CO)C(C)Nc1ncc(Br)cn1. The van der Waals surface area contributed by atoms with Crippen molar-refractivity contribution in [3.05, 3.63) is 16.9 Å². The molecule has 4 nitrogen and oxygen atoms in total. The summed E-state index contributed by atoms with van der Waals surface area (Å²) in [6.07, 6.45) is 5.35. The van der Waals surface area contributed by atoms with Crippen molar-refractivity contribution >= 4 is 33.6 Å². The maximum atomic E-state index is 9.11. The average molecular weight is 292 g/mol. The van der Waals surface area contributed by atoms with E-state index < -0.39 is 0 Å². The molecule has 0 aliphatic heterocycles. The molecule has 0 amide bonds. The molecule has 0 saturated carbocycles. The third-order valence-corrected chi connectivity index (χ3v) is 3.59. The fourth-order valence-corrected chi connectivity index (χ4v) is 1.95. The molecule has 0 spiro atoms. The minimum atomic E-state index is 0.131. The molecule has 1 rings (SSSR count). The molecular weight excluding hydrogens is 278 g/mol. The van der Waals surface area contributed by atoms with Gasteiger partial charge in [-0.25, -0.2) is 9.97 Å². The highest BCUT2D eigenvalue weighted by atomic mass is 79.9. The van der Waals surface area contributed by atoms with Crippen LogP contribution < -0.4 is 5.32 Å². The Morgan fingerprint density at radius 1 is 1.53 bits per heavy atom. The van der Waals surface area contributed by atoms with Gasteiger partial charge in [0.15, 0.2) is 0 Å². The van der Waals surface area contributed by atoms with E-state index in [1.165, 1.54) is 0 Å². The molecule has 84 valence electrons. The standard InChI is InChI=1S/C9H14BrN3OS/c1-6(8(5-14)15-2)13-9-11-3-7(10)4-12-9/h3-4,6,8,14H,5H2,1-2H3,(H,11,12,13). The summed E-state index contributed by atoms with van der Waals surface area (Å²) in [6.45, 7) is 2.15. The van der Waals surface area contributed by atoms with Crippen molar-refractivity contribution in [1.29, 1.82) is 0 Å². The number of thioether (sulfide) groups is 1. The van der Waals surface area contributed by atoms with E-state index in [2.05, 4.69) is 31.2 Å². The van der Waals surface area contributed by atoms with Gasteiger partial charge in [0.25, 0.3) is 0 Å². The molecule has 0 aliphatic carbocycles. The lowest BCUT2D eigenvalue weighted by Gasteiger charge is -2.20. The molecule has 1 aromatic heterocycles. The van der Waals surface area contributed by atoms with Gasteiger partial charge in [0.1, 0.15) is 0 Å². The Morgan fingerprint density at radius 3 is 2.60 bits per heavy atom. The number of aromatic nitrogens is 2. The van der Waals surface area contributed by atoms with Gasteiger partial charge in [-0.3, -0.25) is 0 Å². The maximum absolute atomic E-state index is 9.11. The Balaban J connectivity index is 2.57. The van der Waals surface area contributed by atoms with Crippen LogP contribution in [0.1, 0.15) is 6.92 Å². The zero-order chi connectivity index (χ0) is 11.3. The predicted octanol–water partition coefficient (Wildman–Crippen LogP) is 1.76. The van der Waals surface area contributed by atoms with Gasteiger partial charge in [0.05, 0.1) is 11.1 Å². The van der Waals surface area contributed by atoms with Crippen molar-refractivity contribution in [1.82, 2.24) is 9.97 Å². The summed E-state index contributed by atoms with van der Waals surface area (Å²) in [4.78, 5) is 8.22. The largest absolute Gasteiger partial charge is 0.395 e. The van der Waals surface area contributed by atoms with E-state index in [9.17, 15) is 0 Å². The van der Waals surface area contributed by atoms with Crippen LogP contribution in [-0.2, 0) is 0 Å². The van der Waals surface area contributed by atoms with Gasteiger partial charge >= 0.3 is 0 Å². The lowest BCUT2D eigenvalue weighted by atomic mass is 10.2. The number of nitrogens with one attached hydrogen (secondary N) is 1. The number of halogens is 1. The van der Waals surface area contributed by atoms with E-state index in [-0.39, 0.29) is 17.9 Å². The number of anilines is 1. The van der Waals surface area contributed by atoms with Crippen LogP contribution in [0.5, 0.6) is 0 Å². The van der Waals surface area contributed by atoms with Gasteiger partial charge in [-0.1, -0.05) is 0 Å². The summed E-state index contributed by atoms with van der Waals surface area (Å²) in [7, 11) is 0. The fraction of sp³-hybridized carbons (Fsp3) is 0.556. The molecule has 0 saturated heterocycles. The van der Waals surface area contributed by atoms with E-state index in [0.29, 0.717) is 5.95 Å². The lowest BCUT2D eigenvalue weighted by Crippen LogP contribution is -2.31. The van der Waals surface area contributed by atoms with Crippen LogP contribution in [0.4, 0.5) is 5.95 Å². The third kappa shape index (κ3) is 3.96. The Bertz CT molecular complexity index is 292. The van der Waals surface area contributed by atoms with Gasteiger partial charge in [-0.2, -0.15) is 11.8 Å². The van der Waals surface area contributed by atoms with E-state index >= 15 is 0 Å². The van der Waals surface area contributed by atoms with E-state index in [1.807, 2.05) is 13.2 Å². The van der Waals surface area contributed by atoms with E-state index in [4.69, 9.17) is 5.11 Å². The van der Waals surface area contributed by atoms with Crippen molar-refractivity contribution in [2.45, 2.75) is 18.2 Å². The zero-order valence-corrected chi connectivity index (χ0v) is 11.0. The number of hydrogen-bond acceptors (Lipinski definition) is 5. The molecule has 2 atom stereocenters. The van der Waals surface area contributed by atoms with Crippen molar-refractivity contribution in [2.24, 2.45) is 0 Å². The molecule has 0 bridgehead atoms. The van der Waals surface area contributed by atoms with Crippen LogP contribution in [0, 0.1) is 0 Å². The molecule has 2 N–H and O–H groups in total. The second-order valence-corrected chi connectivity index (χ2v) is 5.11. The predicted molar refractivity (Wildman–Crippen MR) is 67.2 cm³/mol. The van der Waals surface area contributed by atoms with Crippen LogP contribution in [0.25, 0.3) is 0 Å². The van der Waals surface area contributed by atoms with Gasteiger partial charge in [0, 0.05) is 23.7 Å². The van der Waals surface area contributed by atoms with Crippen molar-refractivity contribution in [3.8, 4) is 0 Å². The molecule has 1 heterocycles.